The Hall–Kier alpha value is -1.12. The Bertz CT molecular complexity index is 486. The van der Waals surface area contributed by atoms with Crippen LogP contribution in [0.15, 0.2) is 24.3 Å². The van der Waals surface area contributed by atoms with Gasteiger partial charge in [0.25, 0.3) is 0 Å². The highest BCUT2D eigenvalue weighted by molar-refractivity contribution is 5.85. The number of ether oxygens (including phenoxy) is 1. The molecular formula is C14H18ClF5N2O. The van der Waals surface area contributed by atoms with Gasteiger partial charge in [-0.05, 0) is 17.7 Å². The number of rotatable bonds is 6. The molecule has 2 rings (SSSR count). The van der Waals surface area contributed by atoms with Gasteiger partial charge in [-0.2, -0.15) is 17.6 Å². The van der Waals surface area contributed by atoms with Gasteiger partial charge in [0.05, 0.1) is 6.04 Å². The quantitative estimate of drug-likeness (QED) is 0.788. The second kappa shape index (κ2) is 8.65. The summed E-state index contributed by atoms with van der Waals surface area (Å²) in [7, 11) is 0. The number of hydrogen-bond acceptors (Lipinski definition) is 3. The zero-order valence-electron chi connectivity index (χ0n) is 12.2. The van der Waals surface area contributed by atoms with Gasteiger partial charge in [-0.3, -0.25) is 4.90 Å². The fourth-order valence-electron chi connectivity index (χ4n) is 2.38. The van der Waals surface area contributed by atoms with Crippen LogP contribution in [0.25, 0.3) is 0 Å². The first-order valence-electron chi connectivity index (χ1n) is 6.89. The molecule has 1 aromatic rings. The van der Waals surface area contributed by atoms with Crippen molar-refractivity contribution in [3.8, 4) is 5.75 Å². The Labute approximate surface area is 137 Å². The van der Waals surface area contributed by atoms with E-state index in [2.05, 4.69) is 10.1 Å². The van der Waals surface area contributed by atoms with E-state index in [-0.39, 0.29) is 12.4 Å². The molecule has 0 spiro atoms. The van der Waals surface area contributed by atoms with Crippen molar-refractivity contribution in [2.75, 3.05) is 32.9 Å². The molecule has 0 amide bonds. The Balaban J connectivity index is 0.00000264. The van der Waals surface area contributed by atoms with E-state index >= 15 is 0 Å². The van der Waals surface area contributed by atoms with Crippen LogP contribution < -0.4 is 10.1 Å². The molecule has 1 atom stereocenters. The van der Waals surface area contributed by atoms with Gasteiger partial charge in [-0.1, -0.05) is 12.1 Å². The average Bonchev–Trinajstić information content (AvgIpc) is 2.49. The SMILES string of the molecule is Cl.FC[C@H](c1cccc(OC(F)(F)C(F)F)c1)N1CCNCC1. The Morgan fingerprint density at radius 1 is 1.22 bits per heavy atom. The van der Waals surface area contributed by atoms with Crippen molar-refractivity contribution in [3.05, 3.63) is 29.8 Å². The highest BCUT2D eigenvalue weighted by atomic mass is 35.5. The van der Waals surface area contributed by atoms with Gasteiger partial charge in [-0.15, -0.1) is 12.4 Å². The summed E-state index contributed by atoms with van der Waals surface area (Å²) in [4.78, 5) is 1.88. The first-order valence-corrected chi connectivity index (χ1v) is 6.89. The summed E-state index contributed by atoms with van der Waals surface area (Å²) in [6.07, 6.45) is -8.50. The van der Waals surface area contributed by atoms with Gasteiger partial charge in [0.15, 0.2) is 0 Å². The van der Waals surface area contributed by atoms with E-state index < -0.39 is 31.0 Å². The van der Waals surface area contributed by atoms with Crippen molar-refractivity contribution in [3.63, 3.8) is 0 Å². The monoisotopic (exact) mass is 360 g/mol. The van der Waals surface area contributed by atoms with Gasteiger partial charge >= 0.3 is 12.5 Å². The minimum Gasteiger partial charge on any atom is -0.428 e. The fourth-order valence-corrected chi connectivity index (χ4v) is 2.38. The van der Waals surface area contributed by atoms with Gasteiger partial charge in [0.1, 0.15) is 12.4 Å². The van der Waals surface area contributed by atoms with Gasteiger partial charge in [0, 0.05) is 26.2 Å². The molecule has 23 heavy (non-hydrogen) atoms. The Morgan fingerprint density at radius 3 is 2.43 bits per heavy atom. The van der Waals surface area contributed by atoms with E-state index in [1.807, 2.05) is 4.90 Å². The molecule has 1 aliphatic rings. The molecule has 9 heteroatoms. The topological polar surface area (TPSA) is 24.5 Å². The lowest BCUT2D eigenvalue weighted by atomic mass is 10.1. The van der Waals surface area contributed by atoms with E-state index in [1.165, 1.54) is 12.1 Å². The molecule has 1 heterocycles. The molecule has 1 aliphatic heterocycles. The highest BCUT2D eigenvalue weighted by Crippen LogP contribution is 2.30. The summed E-state index contributed by atoms with van der Waals surface area (Å²) in [5.41, 5.74) is 0.423. The number of nitrogens with zero attached hydrogens (tertiary/aromatic N) is 1. The van der Waals surface area contributed by atoms with Crippen LogP contribution in [0.2, 0.25) is 0 Å². The predicted molar refractivity (Wildman–Crippen MR) is 78.4 cm³/mol. The molecule has 0 unspecified atom stereocenters. The number of benzene rings is 1. The first-order chi connectivity index (χ1) is 10.4. The fraction of sp³-hybridized carbons (Fsp3) is 0.571. The van der Waals surface area contributed by atoms with Gasteiger partial charge < -0.3 is 10.1 Å². The molecular weight excluding hydrogens is 343 g/mol. The van der Waals surface area contributed by atoms with E-state index in [9.17, 15) is 22.0 Å². The third-order valence-corrected chi connectivity index (χ3v) is 3.49. The smallest absolute Gasteiger partial charge is 0.428 e. The van der Waals surface area contributed by atoms with Crippen LogP contribution in [-0.2, 0) is 0 Å². The van der Waals surface area contributed by atoms with Crippen molar-refractivity contribution in [1.29, 1.82) is 0 Å². The summed E-state index contributed by atoms with van der Waals surface area (Å²) in [5.74, 6) is -0.406. The number of piperazine rings is 1. The molecule has 1 N–H and O–H groups in total. The van der Waals surface area contributed by atoms with E-state index in [1.54, 1.807) is 6.07 Å². The lowest BCUT2D eigenvalue weighted by Crippen LogP contribution is -2.45. The molecule has 0 bridgehead atoms. The van der Waals surface area contributed by atoms with Crippen LogP contribution >= 0.6 is 12.4 Å². The van der Waals surface area contributed by atoms with E-state index in [4.69, 9.17) is 0 Å². The van der Waals surface area contributed by atoms with E-state index in [0.717, 1.165) is 6.07 Å². The third-order valence-electron chi connectivity index (χ3n) is 3.49. The summed E-state index contributed by atoms with van der Waals surface area (Å²) in [5, 5.41) is 3.13. The van der Waals surface area contributed by atoms with Crippen molar-refractivity contribution in [2.45, 2.75) is 18.6 Å². The number of hydrogen-bond donors (Lipinski definition) is 1. The average molecular weight is 361 g/mol. The first kappa shape index (κ1) is 19.9. The van der Waals surface area contributed by atoms with Crippen LogP contribution in [0.1, 0.15) is 11.6 Å². The maximum atomic E-state index is 13.4. The van der Waals surface area contributed by atoms with Crippen LogP contribution in [0.3, 0.4) is 0 Å². The van der Waals surface area contributed by atoms with Crippen molar-refractivity contribution in [1.82, 2.24) is 10.2 Å². The second-order valence-electron chi connectivity index (χ2n) is 4.99. The zero-order chi connectivity index (χ0) is 16.2. The minimum atomic E-state index is -4.57. The van der Waals surface area contributed by atoms with Crippen molar-refractivity contribution >= 4 is 12.4 Å². The van der Waals surface area contributed by atoms with Crippen LogP contribution in [0.4, 0.5) is 22.0 Å². The molecule has 132 valence electrons. The molecule has 1 saturated heterocycles. The minimum absolute atomic E-state index is 0. The number of alkyl halides is 5. The van der Waals surface area contributed by atoms with Crippen LogP contribution in [0, 0.1) is 0 Å². The molecule has 0 radical (unpaired) electrons. The largest absolute Gasteiger partial charge is 0.461 e. The van der Waals surface area contributed by atoms with Crippen LogP contribution in [0.5, 0.6) is 5.75 Å². The van der Waals surface area contributed by atoms with Gasteiger partial charge in [0.2, 0.25) is 0 Å². The standard InChI is InChI=1S/C14H17F5N2O.ClH/c15-9-12(21-6-4-20-5-7-21)10-2-1-3-11(8-10)22-14(18,19)13(16)17;/h1-3,8,12-13,20H,4-7,9H2;1H/t12-;/m1./s1. The van der Waals surface area contributed by atoms with E-state index in [0.29, 0.717) is 31.7 Å². The maximum absolute atomic E-state index is 13.4. The lowest BCUT2D eigenvalue weighted by Gasteiger charge is -2.33. The summed E-state index contributed by atoms with van der Waals surface area (Å²) >= 11 is 0. The lowest BCUT2D eigenvalue weighted by molar-refractivity contribution is -0.253. The Morgan fingerprint density at radius 2 is 1.87 bits per heavy atom. The molecule has 1 fully saturated rings. The van der Waals surface area contributed by atoms with Gasteiger partial charge in [-0.25, -0.2) is 4.39 Å². The molecule has 0 aromatic heterocycles. The predicted octanol–water partition coefficient (Wildman–Crippen LogP) is 3.26. The second-order valence-corrected chi connectivity index (χ2v) is 4.99. The summed E-state index contributed by atoms with van der Waals surface area (Å²) in [6.45, 7) is 1.95. The molecule has 1 aromatic carbocycles. The molecule has 0 saturated carbocycles. The molecule has 0 aliphatic carbocycles. The third kappa shape index (κ3) is 5.19. The normalized spacial score (nSPS) is 17.7. The summed E-state index contributed by atoms with van der Waals surface area (Å²) < 4.78 is 67.6. The zero-order valence-corrected chi connectivity index (χ0v) is 13.0. The molecule has 3 nitrogen and oxygen atoms in total. The maximum Gasteiger partial charge on any atom is 0.461 e. The summed E-state index contributed by atoms with van der Waals surface area (Å²) in [6, 6.07) is 4.68. The highest BCUT2D eigenvalue weighted by Gasteiger charge is 2.44. The number of halogens is 6. The Kier molecular flexibility index (Phi) is 7.50. The van der Waals surface area contributed by atoms with Crippen molar-refractivity contribution in [2.24, 2.45) is 0 Å². The van der Waals surface area contributed by atoms with Crippen LogP contribution in [-0.4, -0.2) is 50.3 Å². The number of nitrogens with one attached hydrogen (secondary N) is 1. The van der Waals surface area contributed by atoms with Crippen molar-refractivity contribution < 1.29 is 26.7 Å².